The lowest BCUT2D eigenvalue weighted by atomic mass is 9.78. The summed E-state index contributed by atoms with van der Waals surface area (Å²) in [7, 11) is 0. The molecule has 1 aliphatic carbocycles. The van der Waals surface area contributed by atoms with Gasteiger partial charge in [-0.3, -0.25) is 9.59 Å². The first-order chi connectivity index (χ1) is 11.6. The number of benzene rings is 1. The molecule has 0 atom stereocenters. The van der Waals surface area contributed by atoms with Crippen LogP contribution in [0.3, 0.4) is 0 Å². The van der Waals surface area contributed by atoms with E-state index in [2.05, 4.69) is 10.4 Å². The number of nitrogens with one attached hydrogen (secondary N) is 1. The Morgan fingerprint density at radius 3 is 2.58 bits per heavy atom. The van der Waals surface area contributed by atoms with Crippen LogP contribution < -0.4 is 10.9 Å². The summed E-state index contributed by atoms with van der Waals surface area (Å²) in [6.07, 6.45) is 5.31. The van der Waals surface area contributed by atoms with Crippen molar-refractivity contribution >= 4 is 17.5 Å². The van der Waals surface area contributed by atoms with E-state index in [-0.39, 0.29) is 11.5 Å². The van der Waals surface area contributed by atoms with Gasteiger partial charge in [-0.2, -0.15) is 5.10 Å². The van der Waals surface area contributed by atoms with Gasteiger partial charge in [-0.05, 0) is 36.6 Å². The second kappa shape index (κ2) is 7.18. The number of carbonyl (C=O) groups is 1. The molecule has 1 saturated carbocycles. The highest BCUT2D eigenvalue weighted by Gasteiger charge is 2.42. The highest BCUT2D eigenvalue weighted by atomic mass is 35.5. The molecule has 0 spiro atoms. The minimum Gasteiger partial charge on any atom is -0.353 e. The lowest BCUT2D eigenvalue weighted by Gasteiger charge is -2.28. The van der Waals surface area contributed by atoms with Gasteiger partial charge in [-0.25, -0.2) is 4.68 Å². The smallest absolute Gasteiger partial charge is 0.266 e. The molecular weight excluding hydrogens is 326 g/mol. The van der Waals surface area contributed by atoms with Crippen LogP contribution in [0, 0.1) is 0 Å². The van der Waals surface area contributed by atoms with E-state index in [1.807, 2.05) is 24.3 Å². The standard InChI is InChI=1S/C18H20ClN3O2/c19-15-7-5-14(6-8-15)18(9-1-2-10-18)17(24)20-12-13-22-16(23)4-3-11-21-22/h3-8,11H,1-2,9-10,12-13H2,(H,20,24). The van der Waals surface area contributed by atoms with E-state index in [0.29, 0.717) is 18.1 Å². The summed E-state index contributed by atoms with van der Waals surface area (Å²) >= 11 is 5.97. The van der Waals surface area contributed by atoms with Gasteiger partial charge in [-0.1, -0.05) is 36.6 Å². The molecule has 0 radical (unpaired) electrons. The van der Waals surface area contributed by atoms with Crippen molar-refractivity contribution in [2.45, 2.75) is 37.6 Å². The molecule has 2 aromatic rings. The van der Waals surface area contributed by atoms with Gasteiger partial charge in [-0.15, -0.1) is 0 Å². The van der Waals surface area contributed by atoms with Crippen molar-refractivity contribution in [3.05, 3.63) is 63.5 Å². The molecule has 24 heavy (non-hydrogen) atoms. The number of rotatable bonds is 5. The number of carbonyl (C=O) groups excluding carboxylic acids is 1. The van der Waals surface area contributed by atoms with Crippen molar-refractivity contribution in [3.63, 3.8) is 0 Å². The van der Waals surface area contributed by atoms with Crippen molar-refractivity contribution in [1.29, 1.82) is 0 Å². The van der Waals surface area contributed by atoms with Crippen LogP contribution in [-0.4, -0.2) is 22.2 Å². The summed E-state index contributed by atoms with van der Waals surface area (Å²) in [4.78, 5) is 24.5. The fraction of sp³-hybridized carbons (Fsp3) is 0.389. The lowest BCUT2D eigenvalue weighted by Crippen LogP contribution is -2.44. The predicted molar refractivity (Wildman–Crippen MR) is 93.1 cm³/mol. The number of halogens is 1. The van der Waals surface area contributed by atoms with Gasteiger partial charge in [0, 0.05) is 23.8 Å². The topological polar surface area (TPSA) is 64.0 Å². The first-order valence-electron chi connectivity index (χ1n) is 8.18. The van der Waals surface area contributed by atoms with Gasteiger partial charge in [0.1, 0.15) is 0 Å². The molecular formula is C18H20ClN3O2. The van der Waals surface area contributed by atoms with E-state index >= 15 is 0 Å². The van der Waals surface area contributed by atoms with Crippen molar-refractivity contribution in [3.8, 4) is 0 Å². The third-order valence-corrected chi connectivity index (χ3v) is 4.94. The van der Waals surface area contributed by atoms with Crippen molar-refractivity contribution < 1.29 is 4.79 Å². The Hall–Kier alpha value is -2.14. The third-order valence-electron chi connectivity index (χ3n) is 4.68. The molecule has 6 heteroatoms. The zero-order valence-corrected chi connectivity index (χ0v) is 14.1. The monoisotopic (exact) mass is 345 g/mol. The summed E-state index contributed by atoms with van der Waals surface area (Å²) in [6, 6.07) is 10.6. The van der Waals surface area contributed by atoms with Crippen LogP contribution in [0.5, 0.6) is 0 Å². The molecule has 3 rings (SSSR count). The first kappa shape index (κ1) is 16.7. The minimum atomic E-state index is -0.486. The summed E-state index contributed by atoms with van der Waals surface area (Å²) in [5.74, 6) is 0.0197. The predicted octanol–water partition coefficient (Wildman–Crippen LogP) is 2.52. The van der Waals surface area contributed by atoms with Crippen LogP contribution >= 0.6 is 11.6 Å². The molecule has 1 amide bonds. The number of nitrogens with zero attached hydrogens (tertiary/aromatic N) is 2. The van der Waals surface area contributed by atoms with Crippen LogP contribution in [0.15, 0.2) is 47.4 Å². The zero-order valence-electron chi connectivity index (χ0n) is 13.4. The van der Waals surface area contributed by atoms with E-state index < -0.39 is 5.41 Å². The molecule has 0 aliphatic heterocycles. The van der Waals surface area contributed by atoms with Gasteiger partial charge in [0.2, 0.25) is 5.91 Å². The fourth-order valence-electron chi connectivity index (χ4n) is 3.39. The number of hydrogen-bond donors (Lipinski definition) is 1. The fourth-order valence-corrected chi connectivity index (χ4v) is 3.52. The molecule has 0 bridgehead atoms. The molecule has 1 aromatic carbocycles. The highest BCUT2D eigenvalue weighted by molar-refractivity contribution is 6.30. The maximum Gasteiger partial charge on any atom is 0.266 e. The van der Waals surface area contributed by atoms with E-state index in [1.54, 1.807) is 12.3 Å². The Morgan fingerprint density at radius 2 is 1.92 bits per heavy atom. The Balaban J connectivity index is 1.70. The Kier molecular flexibility index (Phi) is 5.00. The number of amides is 1. The maximum atomic E-state index is 12.9. The Labute approximate surface area is 145 Å². The quantitative estimate of drug-likeness (QED) is 0.905. The van der Waals surface area contributed by atoms with Crippen LogP contribution in [0.2, 0.25) is 5.02 Å². The van der Waals surface area contributed by atoms with Gasteiger partial charge in [0.25, 0.3) is 5.56 Å². The van der Waals surface area contributed by atoms with E-state index in [9.17, 15) is 9.59 Å². The molecule has 0 saturated heterocycles. The SMILES string of the molecule is O=C(NCCn1ncccc1=O)C1(c2ccc(Cl)cc2)CCCC1. The summed E-state index contributed by atoms with van der Waals surface area (Å²) in [5, 5.41) is 7.65. The highest BCUT2D eigenvalue weighted by Crippen LogP contribution is 2.41. The molecule has 1 N–H and O–H groups in total. The summed E-state index contributed by atoms with van der Waals surface area (Å²) in [5.41, 5.74) is 0.358. The average Bonchev–Trinajstić information content (AvgIpc) is 3.08. The van der Waals surface area contributed by atoms with Gasteiger partial charge < -0.3 is 5.32 Å². The Bertz CT molecular complexity index is 764. The van der Waals surface area contributed by atoms with Crippen molar-refractivity contribution in [1.82, 2.24) is 15.1 Å². The normalized spacial score (nSPS) is 16.0. The second-order valence-electron chi connectivity index (χ2n) is 6.14. The van der Waals surface area contributed by atoms with E-state index in [1.165, 1.54) is 10.7 Å². The second-order valence-corrected chi connectivity index (χ2v) is 6.57. The molecule has 126 valence electrons. The third kappa shape index (κ3) is 3.36. The molecule has 0 unspecified atom stereocenters. The van der Waals surface area contributed by atoms with Gasteiger partial charge in [0.05, 0.1) is 12.0 Å². The van der Waals surface area contributed by atoms with Crippen molar-refractivity contribution in [2.24, 2.45) is 0 Å². The average molecular weight is 346 g/mol. The maximum absolute atomic E-state index is 12.9. The molecule has 1 aliphatic rings. The van der Waals surface area contributed by atoms with Gasteiger partial charge >= 0.3 is 0 Å². The molecule has 1 aromatic heterocycles. The summed E-state index contributed by atoms with van der Waals surface area (Å²) < 4.78 is 1.35. The minimum absolute atomic E-state index is 0.0197. The van der Waals surface area contributed by atoms with E-state index in [4.69, 9.17) is 11.6 Å². The van der Waals surface area contributed by atoms with Crippen LogP contribution in [0.4, 0.5) is 0 Å². The van der Waals surface area contributed by atoms with Crippen molar-refractivity contribution in [2.75, 3.05) is 6.54 Å². The van der Waals surface area contributed by atoms with Crippen LogP contribution in [-0.2, 0) is 16.8 Å². The van der Waals surface area contributed by atoms with E-state index in [0.717, 1.165) is 31.2 Å². The van der Waals surface area contributed by atoms with Crippen LogP contribution in [0.1, 0.15) is 31.2 Å². The molecule has 1 fully saturated rings. The first-order valence-corrected chi connectivity index (χ1v) is 8.56. The zero-order chi connectivity index (χ0) is 17.0. The largest absolute Gasteiger partial charge is 0.353 e. The lowest BCUT2D eigenvalue weighted by molar-refractivity contribution is -0.126. The Morgan fingerprint density at radius 1 is 1.21 bits per heavy atom. The van der Waals surface area contributed by atoms with Crippen LogP contribution in [0.25, 0.3) is 0 Å². The molecule has 5 nitrogen and oxygen atoms in total. The van der Waals surface area contributed by atoms with Gasteiger partial charge in [0.15, 0.2) is 0 Å². The molecule has 1 heterocycles. The summed E-state index contributed by atoms with van der Waals surface area (Å²) in [6.45, 7) is 0.743. The number of aromatic nitrogens is 2. The number of hydrogen-bond acceptors (Lipinski definition) is 3.